The molecule has 0 amide bonds. The zero-order chi connectivity index (χ0) is 9.30. The van der Waals surface area contributed by atoms with E-state index in [1.165, 1.54) is 0 Å². The lowest BCUT2D eigenvalue weighted by Gasteiger charge is -2.05. The third kappa shape index (κ3) is 1.68. The van der Waals surface area contributed by atoms with Crippen LogP contribution in [0.3, 0.4) is 0 Å². The number of rotatable bonds is 1. The second-order valence-corrected chi connectivity index (χ2v) is 4.40. The smallest absolute Gasteiger partial charge is 0.172 e. The van der Waals surface area contributed by atoms with Crippen molar-refractivity contribution in [3.63, 3.8) is 0 Å². The summed E-state index contributed by atoms with van der Waals surface area (Å²) in [5.41, 5.74) is 0.829. The molecular formula is C8H6I2O2. The number of phenolic OH excluding ortho intramolecular Hbond substituents is 2. The van der Waals surface area contributed by atoms with Crippen molar-refractivity contribution in [2.24, 2.45) is 0 Å². The Morgan fingerprint density at radius 1 is 1.25 bits per heavy atom. The Balaban J connectivity index is 3.49. The molecule has 2 N–H and O–H groups in total. The van der Waals surface area contributed by atoms with Gasteiger partial charge in [-0.25, -0.2) is 0 Å². The first-order valence-corrected chi connectivity index (χ1v) is 5.26. The molecule has 2 nitrogen and oxygen atoms in total. The van der Waals surface area contributed by atoms with Crippen molar-refractivity contribution in [3.05, 3.63) is 25.3 Å². The third-order valence-corrected chi connectivity index (χ3v) is 3.37. The number of hydrogen-bond acceptors (Lipinski definition) is 2. The van der Waals surface area contributed by atoms with Crippen molar-refractivity contribution >= 4 is 51.3 Å². The summed E-state index contributed by atoms with van der Waals surface area (Å²) in [6, 6.07) is 1.77. The summed E-state index contributed by atoms with van der Waals surface area (Å²) in [6.07, 6.45) is 1.64. The Hall–Kier alpha value is 0.0200. The van der Waals surface area contributed by atoms with Crippen molar-refractivity contribution in [2.75, 3.05) is 0 Å². The summed E-state index contributed by atoms with van der Waals surface area (Å²) in [5.74, 6) is -0.136. The Morgan fingerprint density at radius 2 is 1.83 bits per heavy atom. The van der Waals surface area contributed by atoms with Gasteiger partial charge in [0, 0.05) is 0 Å². The summed E-state index contributed by atoms with van der Waals surface area (Å²) in [4.78, 5) is 0. The minimum atomic E-state index is -0.0719. The van der Waals surface area contributed by atoms with Crippen molar-refractivity contribution in [3.8, 4) is 11.5 Å². The summed E-state index contributed by atoms with van der Waals surface area (Å²) < 4.78 is 1.25. The predicted octanol–water partition coefficient (Wildman–Crippen LogP) is 2.95. The SMILES string of the molecule is C=Cc1cc(I)c(O)c(O)c1I. The highest BCUT2D eigenvalue weighted by Crippen LogP contribution is 2.37. The van der Waals surface area contributed by atoms with Crippen LogP contribution in [0.5, 0.6) is 11.5 Å². The molecule has 1 rings (SSSR count). The fraction of sp³-hybridized carbons (Fsp3) is 0. The fourth-order valence-electron chi connectivity index (χ4n) is 0.771. The highest BCUT2D eigenvalue weighted by molar-refractivity contribution is 14.1. The van der Waals surface area contributed by atoms with Gasteiger partial charge in [0.2, 0.25) is 0 Å². The van der Waals surface area contributed by atoms with Gasteiger partial charge in [-0.3, -0.25) is 0 Å². The standard InChI is InChI=1S/C8H6I2O2/c1-2-4-3-5(9)7(11)8(12)6(4)10/h2-3,11-12H,1H2. The van der Waals surface area contributed by atoms with E-state index in [-0.39, 0.29) is 11.5 Å². The molecule has 0 spiro atoms. The lowest BCUT2D eigenvalue weighted by molar-refractivity contribution is 0.398. The highest BCUT2D eigenvalue weighted by Gasteiger charge is 2.11. The number of hydrogen-bond donors (Lipinski definition) is 2. The van der Waals surface area contributed by atoms with Gasteiger partial charge in [-0.15, -0.1) is 0 Å². The van der Waals surface area contributed by atoms with E-state index >= 15 is 0 Å². The van der Waals surface area contributed by atoms with Crippen molar-refractivity contribution in [2.45, 2.75) is 0 Å². The molecule has 0 aliphatic carbocycles. The molecule has 0 atom stereocenters. The van der Waals surface area contributed by atoms with Gasteiger partial charge in [-0.05, 0) is 56.8 Å². The summed E-state index contributed by atoms with van der Waals surface area (Å²) in [7, 11) is 0. The van der Waals surface area contributed by atoms with Crippen LogP contribution in [0.2, 0.25) is 0 Å². The van der Waals surface area contributed by atoms with Crippen LogP contribution in [0, 0.1) is 7.14 Å². The van der Waals surface area contributed by atoms with Gasteiger partial charge in [-0.1, -0.05) is 12.7 Å². The van der Waals surface area contributed by atoms with E-state index < -0.39 is 0 Å². The Morgan fingerprint density at radius 3 is 2.33 bits per heavy atom. The van der Waals surface area contributed by atoms with Crippen LogP contribution in [0.25, 0.3) is 6.08 Å². The van der Waals surface area contributed by atoms with E-state index in [0.717, 1.165) is 5.56 Å². The minimum absolute atomic E-state index is 0.0643. The largest absolute Gasteiger partial charge is 0.504 e. The van der Waals surface area contributed by atoms with Gasteiger partial charge in [0.05, 0.1) is 7.14 Å². The molecule has 0 aliphatic heterocycles. The zero-order valence-corrected chi connectivity index (χ0v) is 10.3. The van der Waals surface area contributed by atoms with E-state index in [4.69, 9.17) is 0 Å². The predicted molar refractivity (Wildman–Crippen MR) is 65.3 cm³/mol. The second-order valence-electron chi connectivity index (χ2n) is 2.16. The molecule has 0 fully saturated rings. The number of phenols is 2. The van der Waals surface area contributed by atoms with E-state index in [9.17, 15) is 10.2 Å². The second kappa shape index (κ2) is 3.82. The summed E-state index contributed by atoms with van der Waals surface area (Å²) in [6.45, 7) is 3.60. The fourth-order valence-corrected chi connectivity index (χ4v) is 1.99. The van der Waals surface area contributed by atoms with Crippen LogP contribution in [-0.2, 0) is 0 Å². The average Bonchev–Trinajstić information content (AvgIpc) is 2.08. The number of halogens is 2. The Kier molecular flexibility index (Phi) is 3.22. The molecule has 0 aromatic heterocycles. The van der Waals surface area contributed by atoms with Crippen LogP contribution >= 0.6 is 45.2 Å². The van der Waals surface area contributed by atoms with Gasteiger partial charge in [0.15, 0.2) is 11.5 Å². The topological polar surface area (TPSA) is 40.5 Å². The summed E-state index contributed by atoms with van der Waals surface area (Å²) in [5, 5.41) is 18.7. The average molecular weight is 388 g/mol. The maximum absolute atomic E-state index is 9.39. The van der Waals surface area contributed by atoms with Gasteiger partial charge >= 0.3 is 0 Å². The number of aromatic hydroxyl groups is 2. The third-order valence-electron chi connectivity index (χ3n) is 1.41. The van der Waals surface area contributed by atoms with Gasteiger partial charge in [0.25, 0.3) is 0 Å². The molecule has 12 heavy (non-hydrogen) atoms. The van der Waals surface area contributed by atoms with Gasteiger partial charge < -0.3 is 10.2 Å². The zero-order valence-electron chi connectivity index (χ0n) is 6.01. The molecule has 1 aromatic carbocycles. The molecule has 0 saturated carbocycles. The van der Waals surface area contributed by atoms with E-state index in [1.807, 2.05) is 45.2 Å². The quantitative estimate of drug-likeness (QED) is 0.574. The van der Waals surface area contributed by atoms with Gasteiger partial charge in [0.1, 0.15) is 0 Å². The van der Waals surface area contributed by atoms with Crippen LogP contribution in [-0.4, -0.2) is 10.2 Å². The van der Waals surface area contributed by atoms with Crippen LogP contribution in [0.15, 0.2) is 12.6 Å². The first-order valence-electron chi connectivity index (χ1n) is 3.10. The maximum atomic E-state index is 9.39. The Labute approximate surface area is 97.6 Å². The lowest BCUT2D eigenvalue weighted by atomic mass is 10.2. The van der Waals surface area contributed by atoms with E-state index in [0.29, 0.717) is 7.14 Å². The molecule has 0 radical (unpaired) electrons. The molecule has 0 aliphatic rings. The monoisotopic (exact) mass is 388 g/mol. The molecule has 64 valence electrons. The highest BCUT2D eigenvalue weighted by atomic mass is 127. The molecule has 0 bridgehead atoms. The van der Waals surface area contributed by atoms with Gasteiger partial charge in [-0.2, -0.15) is 0 Å². The molecule has 0 unspecified atom stereocenters. The molecular weight excluding hydrogens is 382 g/mol. The van der Waals surface area contributed by atoms with E-state index in [1.54, 1.807) is 12.1 Å². The number of benzene rings is 1. The van der Waals surface area contributed by atoms with Crippen LogP contribution in [0.4, 0.5) is 0 Å². The first kappa shape index (κ1) is 10.1. The summed E-state index contributed by atoms with van der Waals surface area (Å²) >= 11 is 3.92. The normalized spacial score (nSPS) is 9.83. The first-order chi connectivity index (χ1) is 5.57. The lowest BCUT2D eigenvalue weighted by Crippen LogP contribution is -1.85. The molecule has 0 saturated heterocycles. The van der Waals surface area contributed by atoms with Crippen molar-refractivity contribution < 1.29 is 10.2 Å². The minimum Gasteiger partial charge on any atom is -0.504 e. The molecule has 1 aromatic rings. The molecule has 4 heteroatoms. The van der Waals surface area contributed by atoms with Crippen LogP contribution < -0.4 is 0 Å². The van der Waals surface area contributed by atoms with E-state index in [2.05, 4.69) is 6.58 Å². The maximum Gasteiger partial charge on any atom is 0.172 e. The Bertz CT molecular complexity index is 334. The van der Waals surface area contributed by atoms with Crippen molar-refractivity contribution in [1.29, 1.82) is 0 Å². The van der Waals surface area contributed by atoms with Crippen LogP contribution in [0.1, 0.15) is 5.56 Å². The molecule has 0 heterocycles. The van der Waals surface area contributed by atoms with Crippen molar-refractivity contribution in [1.82, 2.24) is 0 Å².